The van der Waals surface area contributed by atoms with Crippen molar-refractivity contribution in [3.63, 3.8) is 0 Å². The van der Waals surface area contributed by atoms with Crippen molar-refractivity contribution in [2.75, 3.05) is 26.3 Å². The smallest absolute Gasteiger partial charge is 0.260 e. The average Bonchev–Trinajstić information content (AvgIpc) is 2.84. The molecule has 0 aliphatic carbocycles. The monoisotopic (exact) mass is 289 g/mol. The molecule has 1 aromatic rings. The van der Waals surface area contributed by atoms with E-state index in [1.54, 1.807) is 7.05 Å². The maximum Gasteiger partial charge on any atom is 0.260 e. The van der Waals surface area contributed by atoms with Crippen molar-refractivity contribution in [2.45, 2.75) is 24.0 Å². The van der Waals surface area contributed by atoms with Gasteiger partial charge >= 0.3 is 0 Å². The first kappa shape index (κ1) is 14.4. The Labute approximate surface area is 112 Å². The van der Waals surface area contributed by atoms with Crippen LogP contribution in [0.3, 0.4) is 0 Å². The molecule has 1 aliphatic rings. The van der Waals surface area contributed by atoms with Gasteiger partial charge < -0.3 is 9.84 Å². The van der Waals surface area contributed by atoms with E-state index in [2.05, 4.69) is 5.10 Å². The van der Waals surface area contributed by atoms with Crippen LogP contribution in [0.4, 0.5) is 0 Å². The molecule has 0 atom stereocenters. The maximum atomic E-state index is 12.4. The van der Waals surface area contributed by atoms with E-state index in [0.717, 1.165) is 0 Å². The van der Waals surface area contributed by atoms with E-state index in [1.165, 1.54) is 21.3 Å². The number of nitrogens with zero attached hydrogens (tertiary/aromatic N) is 3. The van der Waals surface area contributed by atoms with Crippen molar-refractivity contribution in [3.05, 3.63) is 12.3 Å². The molecular formula is C11H19N3O4S. The van der Waals surface area contributed by atoms with Gasteiger partial charge in [0.2, 0.25) is 0 Å². The zero-order valence-corrected chi connectivity index (χ0v) is 11.7. The Morgan fingerprint density at radius 3 is 2.68 bits per heavy atom. The van der Waals surface area contributed by atoms with Crippen LogP contribution in [-0.4, -0.2) is 60.0 Å². The summed E-state index contributed by atoms with van der Waals surface area (Å²) in [5.41, 5.74) is 0. The minimum absolute atomic E-state index is 0.00642. The van der Waals surface area contributed by atoms with Gasteiger partial charge in [-0.05, 0) is 18.9 Å². The van der Waals surface area contributed by atoms with E-state index in [9.17, 15) is 8.42 Å². The van der Waals surface area contributed by atoms with Gasteiger partial charge in [0, 0.05) is 20.1 Å². The van der Waals surface area contributed by atoms with Gasteiger partial charge in [0.05, 0.1) is 25.5 Å². The van der Waals surface area contributed by atoms with Gasteiger partial charge in [0.15, 0.2) is 5.03 Å². The minimum atomic E-state index is -3.46. The molecule has 0 spiro atoms. The zero-order valence-electron chi connectivity index (χ0n) is 10.9. The Morgan fingerprint density at radius 1 is 1.47 bits per heavy atom. The van der Waals surface area contributed by atoms with Crippen LogP contribution in [-0.2, 0) is 21.8 Å². The Hall–Kier alpha value is -0.960. The first-order valence-electron chi connectivity index (χ1n) is 6.26. The van der Waals surface area contributed by atoms with Gasteiger partial charge in [-0.3, -0.25) is 4.68 Å². The van der Waals surface area contributed by atoms with E-state index >= 15 is 0 Å². The summed E-state index contributed by atoms with van der Waals surface area (Å²) in [7, 11) is -1.85. The third kappa shape index (κ3) is 3.14. The van der Waals surface area contributed by atoms with Gasteiger partial charge in [-0.15, -0.1) is 0 Å². The number of rotatable bonds is 5. The van der Waals surface area contributed by atoms with E-state index in [4.69, 9.17) is 9.84 Å². The third-order valence-corrected chi connectivity index (χ3v) is 5.20. The lowest BCUT2D eigenvalue weighted by Crippen LogP contribution is -2.41. The lowest BCUT2D eigenvalue weighted by molar-refractivity contribution is 0.00314. The molecular weight excluding hydrogens is 270 g/mol. The highest BCUT2D eigenvalue weighted by Gasteiger charge is 2.31. The Balaban J connectivity index is 2.00. The van der Waals surface area contributed by atoms with E-state index in [-0.39, 0.29) is 17.7 Å². The number of piperidine rings is 1. The van der Waals surface area contributed by atoms with Crippen LogP contribution in [0.2, 0.25) is 0 Å². The van der Waals surface area contributed by atoms with Crippen LogP contribution in [0, 0.1) is 0 Å². The summed E-state index contributed by atoms with van der Waals surface area (Å²) in [5, 5.41) is 12.8. The molecule has 19 heavy (non-hydrogen) atoms. The zero-order chi connectivity index (χ0) is 13.9. The second-order valence-corrected chi connectivity index (χ2v) is 6.38. The molecule has 108 valence electrons. The molecule has 0 saturated carbocycles. The second kappa shape index (κ2) is 6.00. The predicted octanol–water partition coefficient (Wildman–Crippen LogP) is -0.418. The Morgan fingerprint density at radius 2 is 2.16 bits per heavy atom. The summed E-state index contributed by atoms with van der Waals surface area (Å²) in [4.78, 5) is 0. The summed E-state index contributed by atoms with van der Waals surface area (Å²) in [6.45, 7) is 1.17. The van der Waals surface area contributed by atoms with Crippen LogP contribution in [0.15, 0.2) is 17.3 Å². The lowest BCUT2D eigenvalue weighted by Gasteiger charge is -2.30. The fraction of sp³-hybridized carbons (Fsp3) is 0.727. The summed E-state index contributed by atoms with van der Waals surface area (Å²) >= 11 is 0. The van der Waals surface area contributed by atoms with Crippen LogP contribution in [0.5, 0.6) is 0 Å². The fourth-order valence-electron chi connectivity index (χ4n) is 2.21. The molecule has 0 radical (unpaired) electrons. The maximum absolute atomic E-state index is 12.4. The molecule has 2 heterocycles. The topological polar surface area (TPSA) is 84.7 Å². The number of sulfonamides is 1. The van der Waals surface area contributed by atoms with Crippen molar-refractivity contribution < 1.29 is 18.3 Å². The SMILES string of the molecule is Cn1nccc1S(=O)(=O)N1CCC(OCCO)CC1. The molecule has 1 N–H and O–H groups in total. The molecule has 1 saturated heterocycles. The van der Waals surface area contributed by atoms with E-state index < -0.39 is 10.0 Å². The Kier molecular flexibility index (Phi) is 4.56. The summed E-state index contributed by atoms with van der Waals surface area (Å²) < 4.78 is 33.0. The largest absolute Gasteiger partial charge is 0.394 e. The molecule has 0 bridgehead atoms. The van der Waals surface area contributed by atoms with E-state index in [1.807, 2.05) is 0 Å². The number of aliphatic hydroxyl groups excluding tert-OH is 1. The lowest BCUT2D eigenvalue weighted by atomic mass is 10.1. The molecule has 0 unspecified atom stereocenters. The van der Waals surface area contributed by atoms with Gasteiger partial charge in [-0.2, -0.15) is 9.40 Å². The normalized spacial score (nSPS) is 18.8. The molecule has 8 heteroatoms. The molecule has 1 aromatic heterocycles. The van der Waals surface area contributed by atoms with Crippen LogP contribution in [0.25, 0.3) is 0 Å². The number of aromatic nitrogens is 2. The molecule has 0 amide bonds. The van der Waals surface area contributed by atoms with Crippen LogP contribution >= 0.6 is 0 Å². The van der Waals surface area contributed by atoms with Crippen molar-refractivity contribution in [1.29, 1.82) is 0 Å². The fourth-order valence-corrected chi connectivity index (χ4v) is 3.78. The van der Waals surface area contributed by atoms with Gasteiger partial charge in [-0.1, -0.05) is 0 Å². The quantitative estimate of drug-likeness (QED) is 0.796. The van der Waals surface area contributed by atoms with Gasteiger partial charge in [-0.25, -0.2) is 8.42 Å². The number of hydrogen-bond donors (Lipinski definition) is 1. The standard InChI is InChI=1S/C11H19N3O4S/c1-13-11(2-5-12-13)19(16,17)14-6-3-10(4-7-14)18-9-8-15/h2,5,10,15H,3-4,6-9H2,1H3. The number of hydrogen-bond acceptors (Lipinski definition) is 5. The highest BCUT2D eigenvalue weighted by atomic mass is 32.2. The second-order valence-electron chi connectivity index (χ2n) is 4.49. The molecule has 1 aliphatic heterocycles. The summed E-state index contributed by atoms with van der Waals surface area (Å²) in [5.74, 6) is 0. The summed E-state index contributed by atoms with van der Waals surface area (Å²) in [6, 6.07) is 1.50. The molecule has 1 fully saturated rings. The first-order chi connectivity index (χ1) is 9.05. The number of aryl methyl sites for hydroxylation is 1. The number of aliphatic hydroxyl groups is 1. The van der Waals surface area contributed by atoms with E-state index in [0.29, 0.717) is 32.5 Å². The average molecular weight is 289 g/mol. The predicted molar refractivity (Wildman–Crippen MR) is 68.0 cm³/mol. The first-order valence-corrected chi connectivity index (χ1v) is 7.70. The highest BCUT2D eigenvalue weighted by Crippen LogP contribution is 2.21. The number of ether oxygens (including phenoxy) is 1. The Bertz CT molecular complexity index is 506. The van der Waals surface area contributed by atoms with Crippen LogP contribution in [0.1, 0.15) is 12.8 Å². The van der Waals surface area contributed by atoms with Crippen molar-refractivity contribution in [1.82, 2.24) is 14.1 Å². The molecule has 0 aromatic carbocycles. The van der Waals surface area contributed by atoms with Crippen LogP contribution < -0.4 is 0 Å². The van der Waals surface area contributed by atoms with Gasteiger partial charge in [0.25, 0.3) is 10.0 Å². The molecule has 7 nitrogen and oxygen atoms in total. The van der Waals surface area contributed by atoms with Gasteiger partial charge in [0.1, 0.15) is 0 Å². The minimum Gasteiger partial charge on any atom is -0.394 e. The van der Waals surface area contributed by atoms with Crippen molar-refractivity contribution >= 4 is 10.0 Å². The highest BCUT2D eigenvalue weighted by molar-refractivity contribution is 7.89. The summed E-state index contributed by atoms with van der Waals surface area (Å²) in [6.07, 6.45) is 2.81. The third-order valence-electron chi connectivity index (χ3n) is 3.23. The van der Waals surface area contributed by atoms with Crippen molar-refractivity contribution in [2.24, 2.45) is 7.05 Å². The molecule has 2 rings (SSSR count). The van der Waals surface area contributed by atoms with Crippen molar-refractivity contribution in [3.8, 4) is 0 Å².